The number of nitrogens with zero attached hydrogens (tertiary/aromatic N) is 4. The minimum atomic E-state index is -0.430. The Hall–Kier alpha value is -3.99. The van der Waals surface area contributed by atoms with Gasteiger partial charge >= 0.3 is 5.69 Å². The van der Waals surface area contributed by atoms with Crippen LogP contribution in [-0.4, -0.2) is 37.7 Å². The van der Waals surface area contributed by atoms with E-state index in [1.807, 2.05) is 12.1 Å². The molecule has 0 atom stereocenters. The summed E-state index contributed by atoms with van der Waals surface area (Å²) in [6, 6.07) is 8.96. The van der Waals surface area contributed by atoms with E-state index in [-0.39, 0.29) is 24.7 Å². The molecular formula is C22H21N5O5S. The van der Waals surface area contributed by atoms with E-state index < -0.39 is 4.92 Å². The van der Waals surface area contributed by atoms with Crippen molar-refractivity contribution in [3.63, 3.8) is 0 Å². The van der Waals surface area contributed by atoms with Gasteiger partial charge in [-0.1, -0.05) is 6.07 Å². The molecule has 1 saturated heterocycles. The number of hydrogen-bond donors (Lipinski definition) is 1. The average molecular weight is 468 g/mol. The minimum Gasteiger partial charge on any atom is -0.496 e. The molecule has 33 heavy (non-hydrogen) atoms. The quantitative estimate of drug-likeness (QED) is 0.244. The molecule has 170 valence electrons. The predicted molar refractivity (Wildman–Crippen MR) is 123 cm³/mol. The number of methoxy groups -OCH3 is 1. The van der Waals surface area contributed by atoms with Gasteiger partial charge in [0.25, 0.3) is 5.91 Å². The van der Waals surface area contributed by atoms with Gasteiger partial charge < -0.3 is 14.5 Å². The third kappa shape index (κ3) is 4.35. The molecule has 11 heteroatoms. The molecule has 1 fully saturated rings. The van der Waals surface area contributed by atoms with E-state index in [0.29, 0.717) is 33.7 Å². The number of hydrogen-bond acceptors (Lipinski definition) is 7. The van der Waals surface area contributed by atoms with Crippen molar-refractivity contribution in [2.75, 3.05) is 7.11 Å². The highest BCUT2D eigenvalue weighted by molar-refractivity contribution is 7.80. The van der Waals surface area contributed by atoms with E-state index in [2.05, 4.69) is 10.4 Å². The molecule has 0 saturated carbocycles. The molecule has 0 radical (unpaired) electrons. The molecule has 0 unspecified atom stereocenters. The van der Waals surface area contributed by atoms with Crippen LogP contribution in [0.15, 0.2) is 46.7 Å². The molecule has 2 aromatic heterocycles. The Kier molecular flexibility index (Phi) is 5.97. The number of nitro groups is 1. The maximum absolute atomic E-state index is 12.9. The first-order valence-corrected chi connectivity index (χ1v) is 10.4. The van der Waals surface area contributed by atoms with Crippen LogP contribution in [0.5, 0.6) is 5.75 Å². The molecule has 4 rings (SSSR count). The van der Waals surface area contributed by atoms with Gasteiger partial charge in [-0.25, -0.2) is 0 Å². The lowest BCUT2D eigenvalue weighted by molar-refractivity contribution is -0.386. The number of amides is 1. The van der Waals surface area contributed by atoms with Crippen molar-refractivity contribution in [2.45, 2.75) is 26.9 Å². The first kappa shape index (κ1) is 22.2. The highest BCUT2D eigenvalue weighted by atomic mass is 32.1. The summed E-state index contributed by atoms with van der Waals surface area (Å²) in [4.78, 5) is 25.2. The Morgan fingerprint density at radius 2 is 2.09 bits per heavy atom. The van der Waals surface area contributed by atoms with Gasteiger partial charge in [-0.15, -0.1) is 0 Å². The van der Waals surface area contributed by atoms with Gasteiger partial charge in [-0.3, -0.25) is 24.5 Å². The summed E-state index contributed by atoms with van der Waals surface area (Å²) in [5.41, 5.74) is 2.63. The fraction of sp³-hybridized carbons (Fsp3) is 0.227. The molecule has 3 heterocycles. The van der Waals surface area contributed by atoms with Crippen molar-refractivity contribution < 1.29 is 18.9 Å². The van der Waals surface area contributed by atoms with Crippen LogP contribution in [0.4, 0.5) is 5.69 Å². The molecule has 0 aliphatic carbocycles. The average Bonchev–Trinajstić information content (AvgIpc) is 3.44. The number of aromatic nitrogens is 2. The van der Waals surface area contributed by atoms with Gasteiger partial charge in [0, 0.05) is 5.56 Å². The normalized spacial score (nSPS) is 14.8. The number of carbonyl (C=O) groups excluding carboxylic acids is 1. The lowest BCUT2D eigenvalue weighted by atomic mass is 10.1. The second kappa shape index (κ2) is 8.87. The van der Waals surface area contributed by atoms with Crippen molar-refractivity contribution in [1.29, 1.82) is 0 Å². The lowest BCUT2D eigenvalue weighted by Gasteiger charge is -2.11. The second-order valence-electron chi connectivity index (χ2n) is 7.46. The van der Waals surface area contributed by atoms with Gasteiger partial charge in [0.15, 0.2) is 5.11 Å². The zero-order valence-corrected chi connectivity index (χ0v) is 19.0. The fourth-order valence-electron chi connectivity index (χ4n) is 3.72. The van der Waals surface area contributed by atoms with E-state index in [4.69, 9.17) is 21.4 Å². The van der Waals surface area contributed by atoms with Gasteiger partial charge in [0.2, 0.25) is 0 Å². The number of benzene rings is 1. The molecule has 1 amide bonds. The highest BCUT2D eigenvalue weighted by Gasteiger charge is 2.31. The van der Waals surface area contributed by atoms with E-state index in [1.165, 1.54) is 4.90 Å². The molecule has 1 aromatic carbocycles. The van der Waals surface area contributed by atoms with Gasteiger partial charge in [-0.2, -0.15) is 5.10 Å². The zero-order valence-electron chi connectivity index (χ0n) is 18.2. The SMILES string of the molecule is COc1ccc(/C=C2/NC(=S)N(Cc3ccco3)C2=O)cc1Cn1nc(C)c([N+](=O)[O-])c1C. The summed E-state index contributed by atoms with van der Waals surface area (Å²) in [5.74, 6) is 0.968. The van der Waals surface area contributed by atoms with E-state index in [1.54, 1.807) is 56.2 Å². The number of carbonyl (C=O) groups is 1. The minimum absolute atomic E-state index is 0.00171. The Morgan fingerprint density at radius 3 is 2.73 bits per heavy atom. The summed E-state index contributed by atoms with van der Waals surface area (Å²) in [7, 11) is 1.55. The highest BCUT2D eigenvalue weighted by Crippen LogP contribution is 2.27. The number of thiocarbonyl (C=S) groups is 1. The van der Waals surface area contributed by atoms with Crippen molar-refractivity contribution >= 4 is 35.0 Å². The van der Waals surface area contributed by atoms with Crippen LogP contribution in [0.2, 0.25) is 0 Å². The summed E-state index contributed by atoms with van der Waals surface area (Å²) < 4.78 is 12.3. The third-order valence-electron chi connectivity index (χ3n) is 5.32. The number of ether oxygens (including phenoxy) is 1. The van der Waals surface area contributed by atoms with Crippen LogP contribution in [0.25, 0.3) is 6.08 Å². The first-order valence-electron chi connectivity index (χ1n) is 10.0. The zero-order chi connectivity index (χ0) is 23.7. The molecule has 1 N–H and O–H groups in total. The van der Waals surface area contributed by atoms with Crippen molar-refractivity contribution in [3.05, 3.63) is 80.7 Å². The largest absolute Gasteiger partial charge is 0.496 e. The number of furan rings is 1. The fourth-order valence-corrected chi connectivity index (χ4v) is 3.98. The van der Waals surface area contributed by atoms with E-state index in [9.17, 15) is 14.9 Å². The summed E-state index contributed by atoms with van der Waals surface area (Å²) in [6.07, 6.45) is 3.24. The summed E-state index contributed by atoms with van der Waals surface area (Å²) in [6.45, 7) is 3.77. The molecule has 1 aliphatic heterocycles. The van der Waals surface area contributed by atoms with Crippen molar-refractivity contribution in [3.8, 4) is 5.75 Å². The topological polar surface area (TPSA) is 116 Å². The van der Waals surface area contributed by atoms with Gasteiger partial charge in [-0.05, 0) is 62.0 Å². The smallest absolute Gasteiger partial charge is 0.312 e. The van der Waals surface area contributed by atoms with Crippen LogP contribution < -0.4 is 10.1 Å². The lowest BCUT2D eigenvalue weighted by Crippen LogP contribution is -2.29. The van der Waals surface area contributed by atoms with Crippen LogP contribution in [0, 0.1) is 24.0 Å². The number of nitrogens with one attached hydrogen (secondary N) is 1. The number of aryl methyl sites for hydroxylation is 1. The summed E-state index contributed by atoms with van der Waals surface area (Å²) >= 11 is 5.31. The molecule has 10 nitrogen and oxygen atoms in total. The third-order valence-corrected chi connectivity index (χ3v) is 5.64. The molecule has 3 aromatic rings. The second-order valence-corrected chi connectivity index (χ2v) is 7.85. The standard InChI is InChI=1S/C22H21N5O5S/c1-13-20(27(29)30)14(2)26(24-13)11-16-9-15(6-7-19(16)31-3)10-18-21(28)25(22(33)23-18)12-17-5-4-8-32-17/h4-10H,11-12H2,1-3H3,(H,23,33)/b18-10+. The van der Waals surface area contributed by atoms with Crippen LogP contribution in [-0.2, 0) is 17.9 Å². The first-order chi connectivity index (χ1) is 15.8. The Morgan fingerprint density at radius 1 is 1.30 bits per heavy atom. The molecule has 0 spiro atoms. The molecular weight excluding hydrogens is 446 g/mol. The Labute approximate surface area is 194 Å². The van der Waals surface area contributed by atoms with Gasteiger partial charge in [0.1, 0.15) is 28.6 Å². The maximum atomic E-state index is 12.9. The van der Waals surface area contributed by atoms with Crippen LogP contribution in [0.3, 0.4) is 0 Å². The van der Waals surface area contributed by atoms with Crippen LogP contribution in [0.1, 0.15) is 28.3 Å². The summed E-state index contributed by atoms with van der Waals surface area (Å²) in [5, 5.41) is 18.9. The maximum Gasteiger partial charge on any atom is 0.312 e. The monoisotopic (exact) mass is 467 g/mol. The molecule has 0 bridgehead atoms. The predicted octanol–water partition coefficient (Wildman–Crippen LogP) is 3.32. The Balaban J connectivity index is 1.61. The van der Waals surface area contributed by atoms with E-state index >= 15 is 0 Å². The van der Waals surface area contributed by atoms with Gasteiger partial charge in [0.05, 0.1) is 31.4 Å². The van der Waals surface area contributed by atoms with Crippen molar-refractivity contribution in [2.24, 2.45) is 0 Å². The number of rotatable bonds is 7. The van der Waals surface area contributed by atoms with Crippen molar-refractivity contribution in [1.82, 2.24) is 20.0 Å². The van der Waals surface area contributed by atoms with Crippen LogP contribution >= 0.6 is 12.2 Å². The molecule has 1 aliphatic rings. The Bertz CT molecular complexity index is 1280. The van der Waals surface area contributed by atoms with E-state index in [0.717, 1.165) is 11.1 Å².